The van der Waals surface area contributed by atoms with Gasteiger partial charge < -0.3 is 0 Å². The lowest BCUT2D eigenvalue weighted by Gasteiger charge is -2.04. The van der Waals surface area contributed by atoms with Gasteiger partial charge >= 0.3 is 0 Å². The Hall–Kier alpha value is -3.21. The van der Waals surface area contributed by atoms with Crippen molar-refractivity contribution >= 4 is 12.1 Å². The highest BCUT2D eigenvalue weighted by Gasteiger charge is 2.14. The molecule has 0 unspecified atom stereocenters. The van der Waals surface area contributed by atoms with Crippen molar-refractivity contribution in [3.63, 3.8) is 0 Å². The SMILES string of the molecule is Cc1ccc(C=NNC(=O)c2cnn(-c3ccccc3)c2C)cc1. The topological polar surface area (TPSA) is 59.3 Å². The van der Waals surface area contributed by atoms with Crippen molar-refractivity contribution < 1.29 is 4.79 Å². The predicted molar refractivity (Wildman–Crippen MR) is 94.5 cm³/mol. The van der Waals surface area contributed by atoms with E-state index in [4.69, 9.17) is 0 Å². The molecule has 1 amide bonds. The first kappa shape index (κ1) is 15.7. The van der Waals surface area contributed by atoms with E-state index in [-0.39, 0.29) is 5.91 Å². The van der Waals surface area contributed by atoms with E-state index in [0.717, 1.165) is 16.9 Å². The number of nitrogens with one attached hydrogen (secondary N) is 1. The molecule has 0 bridgehead atoms. The number of aromatic nitrogens is 2. The third-order valence-electron chi connectivity index (χ3n) is 3.71. The normalized spacial score (nSPS) is 10.9. The minimum absolute atomic E-state index is 0.280. The van der Waals surface area contributed by atoms with Gasteiger partial charge in [-0.05, 0) is 31.5 Å². The molecule has 5 heteroatoms. The average Bonchev–Trinajstić information content (AvgIpc) is 2.99. The van der Waals surface area contributed by atoms with E-state index >= 15 is 0 Å². The largest absolute Gasteiger partial charge is 0.274 e. The van der Waals surface area contributed by atoms with E-state index in [0.29, 0.717) is 5.56 Å². The van der Waals surface area contributed by atoms with Crippen molar-refractivity contribution in [3.05, 3.63) is 83.2 Å². The molecule has 5 nitrogen and oxygen atoms in total. The van der Waals surface area contributed by atoms with Crippen LogP contribution in [-0.4, -0.2) is 21.9 Å². The van der Waals surface area contributed by atoms with Gasteiger partial charge in [0, 0.05) is 0 Å². The molecule has 0 aliphatic carbocycles. The molecule has 0 atom stereocenters. The van der Waals surface area contributed by atoms with E-state index in [1.54, 1.807) is 17.1 Å². The number of rotatable bonds is 4. The zero-order valence-corrected chi connectivity index (χ0v) is 13.6. The fraction of sp³-hybridized carbons (Fsp3) is 0.105. The van der Waals surface area contributed by atoms with Crippen LogP contribution in [-0.2, 0) is 0 Å². The Balaban J connectivity index is 1.72. The molecule has 1 heterocycles. The number of carbonyl (C=O) groups excluding carboxylic acids is 1. The molecule has 0 aliphatic rings. The van der Waals surface area contributed by atoms with Crippen LogP contribution in [0.3, 0.4) is 0 Å². The van der Waals surface area contributed by atoms with Crippen molar-refractivity contribution in [1.29, 1.82) is 0 Å². The molecule has 0 saturated carbocycles. The zero-order chi connectivity index (χ0) is 16.9. The molecule has 0 fully saturated rings. The number of hydrogen-bond acceptors (Lipinski definition) is 3. The molecule has 120 valence electrons. The monoisotopic (exact) mass is 318 g/mol. The summed E-state index contributed by atoms with van der Waals surface area (Å²) in [6.45, 7) is 3.88. The van der Waals surface area contributed by atoms with Crippen LogP contribution in [0.4, 0.5) is 0 Å². The van der Waals surface area contributed by atoms with Crippen LogP contribution in [0.2, 0.25) is 0 Å². The van der Waals surface area contributed by atoms with Gasteiger partial charge in [-0.15, -0.1) is 0 Å². The van der Waals surface area contributed by atoms with E-state index in [1.165, 1.54) is 5.56 Å². The van der Waals surface area contributed by atoms with E-state index in [2.05, 4.69) is 15.6 Å². The third kappa shape index (κ3) is 3.41. The van der Waals surface area contributed by atoms with Crippen LogP contribution in [0.25, 0.3) is 5.69 Å². The molecule has 24 heavy (non-hydrogen) atoms. The molecule has 0 spiro atoms. The summed E-state index contributed by atoms with van der Waals surface area (Å²) in [6, 6.07) is 17.6. The third-order valence-corrected chi connectivity index (χ3v) is 3.71. The highest BCUT2D eigenvalue weighted by Crippen LogP contribution is 2.13. The van der Waals surface area contributed by atoms with Crippen molar-refractivity contribution in [2.24, 2.45) is 5.10 Å². The molecular weight excluding hydrogens is 300 g/mol. The Morgan fingerprint density at radius 1 is 1.08 bits per heavy atom. The lowest BCUT2D eigenvalue weighted by Crippen LogP contribution is -2.18. The first-order valence-electron chi connectivity index (χ1n) is 7.65. The van der Waals surface area contributed by atoms with E-state index < -0.39 is 0 Å². The van der Waals surface area contributed by atoms with Crippen LogP contribution in [0.1, 0.15) is 27.2 Å². The molecule has 0 saturated heterocycles. The molecule has 0 radical (unpaired) electrons. The number of para-hydroxylation sites is 1. The highest BCUT2D eigenvalue weighted by molar-refractivity contribution is 5.95. The maximum atomic E-state index is 12.3. The van der Waals surface area contributed by atoms with Crippen molar-refractivity contribution in [1.82, 2.24) is 15.2 Å². The van der Waals surface area contributed by atoms with Gasteiger partial charge in [-0.25, -0.2) is 10.1 Å². The summed E-state index contributed by atoms with van der Waals surface area (Å²) in [4.78, 5) is 12.3. The number of carbonyl (C=O) groups is 1. The van der Waals surface area contributed by atoms with Crippen LogP contribution in [0.15, 0.2) is 65.9 Å². The summed E-state index contributed by atoms with van der Waals surface area (Å²) in [6.07, 6.45) is 3.17. The maximum absolute atomic E-state index is 12.3. The molecule has 3 rings (SSSR count). The van der Waals surface area contributed by atoms with Crippen molar-refractivity contribution in [2.45, 2.75) is 13.8 Å². The lowest BCUT2D eigenvalue weighted by molar-refractivity contribution is 0.0954. The van der Waals surface area contributed by atoms with Crippen LogP contribution in [0.5, 0.6) is 0 Å². The average molecular weight is 318 g/mol. The van der Waals surface area contributed by atoms with Gasteiger partial charge in [0.2, 0.25) is 0 Å². The van der Waals surface area contributed by atoms with Crippen LogP contribution in [0, 0.1) is 13.8 Å². The Kier molecular flexibility index (Phi) is 4.52. The van der Waals surface area contributed by atoms with E-state index in [9.17, 15) is 4.79 Å². The fourth-order valence-electron chi connectivity index (χ4n) is 2.34. The molecule has 2 aromatic carbocycles. The second-order valence-electron chi connectivity index (χ2n) is 5.50. The molecule has 1 aromatic heterocycles. The number of aryl methyl sites for hydroxylation is 1. The quantitative estimate of drug-likeness (QED) is 0.593. The van der Waals surface area contributed by atoms with Gasteiger partial charge in [-0.1, -0.05) is 48.0 Å². The first-order chi connectivity index (χ1) is 11.6. The second kappa shape index (κ2) is 6.91. The minimum Gasteiger partial charge on any atom is -0.267 e. The van der Waals surface area contributed by atoms with Crippen molar-refractivity contribution in [3.8, 4) is 5.69 Å². The Morgan fingerprint density at radius 2 is 1.79 bits per heavy atom. The first-order valence-corrected chi connectivity index (χ1v) is 7.65. The van der Waals surface area contributed by atoms with Crippen LogP contribution >= 0.6 is 0 Å². The Labute approximate surface area is 140 Å². The minimum atomic E-state index is -0.280. The summed E-state index contributed by atoms with van der Waals surface area (Å²) in [5.74, 6) is -0.280. The summed E-state index contributed by atoms with van der Waals surface area (Å²) in [5, 5.41) is 8.30. The second-order valence-corrected chi connectivity index (χ2v) is 5.50. The highest BCUT2D eigenvalue weighted by atomic mass is 16.2. The molecule has 3 aromatic rings. The van der Waals surface area contributed by atoms with Crippen LogP contribution < -0.4 is 5.43 Å². The summed E-state index contributed by atoms with van der Waals surface area (Å²) in [5.41, 5.74) is 6.84. The number of hydrazone groups is 1. The van der Waals surface area contributed by atoms with Gasteiger partial charge in [0.25, 0.3) is 5.91 Å². The number of hydrogen-bond donors (Lipinski definition) is 1. The van der Waals surface area contributed by atoms with Gasteiger partial charge in [0.1, 0.15) is 0 Å². The van der Waals surface area contributed by atoms with E-state index in [1.807, 2.05) is 68.4 Å². The fourth-order valence-corrected chi connectivity index (χ4v) is 2.34. The number of nitrogens with zero attached hydrogens (tertiary/aromatic N) is 3. The standard InChI is InChI=1S/C19H18N4O/c1-14-8-10-16(11-9-14)12-20-22-19(24)18-13-21-23(15(18)2)17-6-4-3-5-7-17/h3-13H,1-2H3,(H,22,24). The molecule has 0 aliphatic heterocycles. The Bertz CT molecular complexity index is 864. The summed E-state index contributed by atoms with van der Waals surface area (Å²) < 4.78 is 1.73. The molecule has 1 N–H and O–H groups in total. The molecular formula is C19H18N4O. The Morgan fingerprint density at radius 3 is 2.50 bits per heavy atom. The summed E-state index contributed by atoms with van der Waals surface area (Å²) >= 11 is 0. The number of benzene rings is 2. The smallest absolute Gasteiger partial charge is 0.267 e. The summed E-state index contributed by atoms with van der Waals surface area (Å²) in [7, 11) is 0. The number of amides is 1. The van der Waals surface area contributed by atoms with Crippen molar-refractivity contribution in [2.75, 3.05) is 0 Å². The predicted octanol–water partition coefficient (Wildman–Crippen LogP) is 3.25. The van der Waals surface area contributed by atoms with Gasteiger partial charge in [-0.3, -0.25) is 4.79 Å². The van der Waals surface area contributed by atoms with Gasteiger partial charge in [-0.2, -0.15) is 10.2 Å². The lowest BCUT2D eigenvalue weighted by atomic mass is 10.2. The van der Waals surface area contributed by atoms with Gasteiger partial charge in [0.15, 0.2) is 0 Å². The zero-order valence-electron chi connectivity index (χ0n) is 13.6. The maximum Gasteiger partial charge on any atom is 0.274 e. The van der Waals surface area contributed by atoms with Gasteiger partial charge in [0.05, 0.1) is 29.4 Å².